The van der Waals surface area contributed by atoms with Crippen LogP contribution in [-0.2, 0) is 9.53 Å². The zero-order valence-electron chi connectivity index (χ0n) is 17.1. The Morgan fingerprint density at radius 1 is 1.10 bits per heavy atom. The summed E-state index contributed by atoms with van der Waals surface area (Å²) in [4.78, 5) is 36.4. The van der Waals surface area contributed by atoms with Gasteiger partial charge < -0.3 is 23.8 Å². The van der Waals surface area contributed by atoms with Crippen LogP contribution in [0.4, 0.5) is 5.69 Å². The van der Waals surface area contributed by atoms with Crippen molar-refractivity contribution < 1.29 is 33.5 Å². The number of ether oxygens (including phenoxy) is 4. The van der Waals surface area contributed by atoms with Gasteiger partial charge in [-0.1, -0.05) is 11.6 Å². The first kappa shape index (κ1) is 23.7. The van der Waals surface area contributed by atoms with E-state index in [4.69, 9.17) is 30.5 Å². The fraction of sp³-hybridized carbons (Fsp3) is 0.300. The fourth-order valence-electron chi connectivity index (χ4n) is 2.45. The number of carbonyl (C=O) groups excluding carboxylic acids is 2. The number of halogens is 1. The van der Waals surface area contributed by atoms with Gasteiger partial charge >= 0.3 is 5.97 Å². The number of amides is 1. The largest absolute Gasteiger partial charge is 0.493 e. The summed E-state index contributed by atoms with van der Waals surface area (Å²) in [6, 6.07) is 8.94. The number of nitro groups is 1. The predicted molar refractivity (Wildman–Crippen MR) is 111 cm³/mol. The number of hydrogen-bond acceptors (Lipinski definition) is 8. The zero-order valence-corrected chi connectivity index (χ0v) is 17.9. The highest BCUT2D eigenvalue weighted by atomic mass is 35.5. The van der Waals surface area contributed by atoms with Crippen LogP contribution >= 0.6 is 11.6 Å². The smallest absolute Gasteiger partial charge is 0.345 e. The molecule has 2 aromatic carbocycles. The van der Waals surface area contributed by atoms with E-state index in [1.807, 2.05) is 0 Å². The third-order valence-electron chi connectivity index (χ3n) is 4.18. The van der Waals surface area contributed by atoms with Crippen LogP contribution in [0.1, 0.15) is 10.4 Å². The van der Waals surface area contributed by atoms with Crippen LogP contribution in [0.5, 0.6) is 17.2 Å². The van der Waals surface area contributed by atoms with Gasteiger partial charge in [0, 0.05) is 18.1 Å². The Bertz CT molecular complexity index is 949. The number of nitro benzene ring substituents is 1. The van der Waals surface area contributed by atoms with Crippen LogP contribution in [0.15, 0.2) is 36.4 Å². The predicted octanol–water partition coefficient (Wildman–Crippen LogP) is 2.96. The number of nitrogens with zero attached hydrogens (tertiary/aromatic N) is 2. The monoisotopic (exact) mass is 452 g/mol. The van der Waals surface area contributed by atoms with Crippen molar-refractivity contribution in [3.8, 4) is 17.2 Å². The van der Waals surface area contributed by atoms with Gasteiger partial charge in [0.2, 0.25) is 0 Å². The lowest BCUT2D eigenvalue weighted by atomic mass is 10.1. The molecular formula is C20H21ClN2O8. The van der Waals surface area contributed by atoms with Gasteiger partial charge in [-0.15, -0.1) is 0 Å². The lowest BCUT2D eigenvalue weighted by Gasteiger charge is -2.17. The first-order chi connectivity index (χ1) is 14.8. The van der Waals surface area contributed by atoms with Gasteiger partial charge in [0.25, 0.3) is 11.6 Å². The molecule has 0 bridgehead atoms. The van der Waals surface area contributed by atoms with E-state index in [1.54, 1.807) is 24.3 Å². The molecule has 31 heavy (non-hydrogen) atoms. The maximum Gasteiger partial charge on any atom is 0.345 e. The molecule has 0 saturated carbocycles. The summed E-state index contributed by atoms with van der Waals surface area (Å²) in [6.07, 6.45) is 0. The van der Waals surface area contributed by atoms with E-state index in [2.05, 4.69) is 0 Å². The average molecular weight is 453 g/mol. The summed E-state index contributed by atoms with van der Waals surface area (Å²) >= 11 is 5.80. The van der Waals surface area contributed by atoms with Crippen molar-refractivity contribution in [1.82, 2.24) is 4.90 Å². The van der Waals surface area contributed by atoms with Crippen LogP contribution in [0.3, 0.4) is 0 Å². The van der Waals surface area contributed by atoms with Crippen LogP contribution in [-0.4, -0.2) is 62.7 Å². The number of rotatable bonds is 10. The SMILES string of the molecule is COc1cc(C(=O)OCC(=O)N(C)CCOc2ccc(Cl)cc2)c([N+](=O)[O-])cc1OC. The number of benzene rings is 2. The molecule has 10 nitrogen and oxygen atoms in total. The minimum Gasteiger partial charge on any atom is -0.493 e. The highest BCUT2D eigenvalue weighted by molar-refractivity contribution is 6.30. The number of hydrogen-bond donors (Lipinski definition) is 0. The summed E-state index contributed by atoms with van der Waals surface area (Å²) in [5.41, 5.74) is -0.885. The van der Waals surface area contributed by atoms with Gasteiger partial charge in [0.05, 0.1) is 31.8 Å². The van der Waals surface area contributed by atoms with Crippen molar-refractivity contribution in [3.63, 3.8) is 0 Å². The summed E-state index contributed by atoms with van der Waals surface area (Å²) in [5, 5.41) is 11.9. The second kappa shape index (κ2) is 11.0. The average Bonchev–Trinajstić information content (AvgIpc) is 2.77. The molecule has 0 aliphatic rings. The molecule has 2 aromatic rings. The highest BCUT2D eigenvalue weighted by Crippen LogP contribution is 2.34. The maximum atomic E-state index is 12.4. The van der Waals surface area contributed by atoms with Crippen molar-refractivity contribution in [2.75, 3.05) is 41.0 Å². The van der Waals surface area contributed by atoms with E-state index in [0.29, 0.717) is 10.8 Å². The van der Waals surface area contributed by atoms with Crippen LogP contribution in [0.25, 0.3) is 0 Å². The van der Waals surface area contributed by atoms with Gasteiger partial charge in [-0.05, 0) is 24.3 Å². The lowest BCUT2D eigenvalue weighted by molar-refractivity contribution is -0.385. The van der Waals surface area contributed by atoms with Crippen molar-refractivity contribution in [2.24, 2.45) is 0 Å². The van der Waals surface area contributed by atoms with E-state index in [-0.39, 0.29) is 30.2 Å². The highest BCUT2D eigenvalue weighted by Gasteiger charge is 2.26. The van der Waals surface area contributed by atoms with Crippen molar-refractivity contribution >= 4 is 29.2 Å². The Balaban J connectivity index is 1.94. The van der Waals surface area contributed by atoms with Gasteiger partial charge in [-0.25, -0.2) is 4.79 Å². The fourth-order valence-corrected chi connectivity index (χ4v) is 2.58. The molecule has 0 N–H and O–H groups in total. The molecule has 0 fully saturated rings. The van der Waals surface area contributed by atoms with Crippen molar-refractivity contribution in [3.05, 3.63) is 57.1 Å². The Hall–Kier alpha value is -3.53. The molecule has 166 valence electrons. The summed E-state index contributed by atoms with van der Waals surface area (Å²) in [5.74, 6) is -0.745. The molecular weight excluding hydrogens is 432 g/mol. The van der Waals surface area contributed by atoms with Crippen molar-refractivity contribution in [2.45, 2.75) is 0 Å². The summed E-state index contributed by atoms with van der Waals surface area (Å²) < 4.78 is 20.5. The summed E-state index contributed by atoms with van der Waals surface area (Å²) in [6.45, 7) is -0.156. The van der Waals surface area contributed by atoms with E-state index < -0.39 is 29.1 Å². The molecule has 0 radical (unpaired) electrons. The molecule has 0 unspecified atom stereocenters. The van der Waals surface area contributed by atoms with Gasteiger partial charge in [-0.2, -0.15) is 0 Å². The topological polar surface area (TPSA) is 117 Å². The minimum absolute atomic E-state index is 0.0854. The molecule has 0 aliphatic heterocycles. The van der Waals surface area contributed by atoms with E-state index in [9.17, 15) is 19.7 Å². The maximum absolute atomic E-state index is 12.4. The van der Waals surface area contributed by atoms with E-state index in [1.165, 1.54) is 26.2 Å². The third kappa shape index (κ3) is 6.48. The molecule has 1 amide bonds. The third-order valence-corrected chi connectivity index (χ3v) is 4.43. The Labute approximate surface area is 183 Å². The zero-order chi connectivity index (χ0) is 23.0. The molecule has 0 heterocycles. The molecule has 0 aliphatic carbocycles. The molecule has 0 aromatic heterocycles. The standard InChI is InChI=1S/C20H21ClN2O8/c1-22(8-9-30-14-6-4-13(21)5-7-14)19(24)12-31-20(25)15-10-17(28-2)18(29-3)11-16(15)23(26)27/h4-7,10-11H,8-9,12H2,1-3H3. The van der Waals surface area contributed by atoms with Gasteiger partial charge in [0.15, 0.2) is 18.1 Å². The van der Waals surface area contributed by atoms with E-state index >= 15 is 0 Å². The molecule has 11 heteroatoms. The minimum atomic E-state index is -1.04. The molecule has 0 spiro atoms. The summed E-state index contributed by atoms with van der Waals surface area (Å²) in [7, 11) is 4.15. The van der Waals surface area contributed by atoms with Crippen LogP contribution < -0.4 is 14.2 Å². The number of methoxy groups -OCH3 is 2. The molecule has 0 atom stereocenters. The number of carbonyl (C=O) groups is 2. The first-order valence-corrected chi connectivity index (χ1v) is 9.34. The lowest BCUT2D eigenvalue weighted by Crippen LogP contribution is -2.34. The Morgan fingerprint density at radius 2 is 1.71 bits per heavy atom. The number of esters is 1. The van der Waals surface area contributed by atoms with E-state index in [0.717, 1.165) is 12.1 Å². The second-order valence-electron chi connectivity index (χ2n) is 6.18. The number of likely N-dealkylation sites (N-methyl/N-ethyl adjacent to an activating group) is 1. The Kier molecular flexibility index (Phi) is 8.44. The molecule has 2 rings (SSSR count). The second-order valence-corrected chi connectivity index (χ2v) is 6.61. The van der Waals surface area contributed by atoms with Gasteiger partial charge in [-0.3, -0.25) is 14.9 Å². The van der Waals surface area contributed by atoms with Gasteiger partial charge in [0.1, 0.15) is 17.9 Å². The molecule has 0 saturated heterocycles. The quantitative estimate of drug-likeness (QED) is 0.307. The van der Waals surface area contributed by atoms with Crippen molar-refractivity contribution in [1.29, 1.82) is 0 Å². The Morgan fingerprint density at radius 3 is 2.29 bits per heavy atom. The van der Waals surface area contributed by atoms with Crippen LogP contribution in [0.2, 0.25) is 5.02 Å². The normalized spacial score (nSPS) is 10.2. The first-order valence-electron chi connectivity index (χ1n) is 8.96. The van der Waals surface area contributed by atoms with Crippen LogP contribution in [0, 0.1) is 10.1 Å².